The molecule has 0 atom stereocenters. The summed E-state index contributed by atoms with van der Waals surface area (Å²) in [5.74, 6) is -0.386. The number of amides is 1. The Hall–Kier alpha value is -4.22. The number of carbonyl (C=O) groups excluding carboxylic acids is 2. The monoisotopic (exact) mass is 462 g/mol. The largest absolute Gasteiger partial charge is 0.493 e. The predicted octanol–water partition coefficient (Wildman–Crippen LogP) is 2.58. The van der Waals surface area contributed by atoms with E-state index in [1.54, 1.807) is 0 Å². The second kappa shape index (κ2) is 10.4. The van der Waals surface area contributed by atoms with Crippen molar-refractivity contribution >= 4 is 23.3 Å². The van der Waals surface area contributed by atoms with E-state index in [-0.39, 0.29) is 45.7 Å². The van der Waals surface area contributed by atoms with E-state index in [2.05, 4.69) is 5.32 Å². The Morgan fingerprint density at radius 2 is 1.61 bits per heavy atom. The highest BCUT2D eigenvalue weighted by Gasteiger charge is 2.24. The minimum Gasteiger partial charge on any atom is -0.493 e. The van der Waals surface area contributed by atoms with Crippen LogP contribution in [-0.2, 0) is 9.53 Å². The molecular weight excluding hydrogens is 440 g/mol. The zero-order valence-electron chi connectivity index (χ0n) is 18.2. The fraction of sp³-hybridized carbons (Fsp3) is 0.333. The molecule has 0 spiro atoms. The number of esters is 1. The normalized spacial score (nSPS) is 12.2. The Balaban J connectivity index is 1.72. The molecule has 2 aromatic carbocycles. The molecule has 0 fully saturated rings. The van der Waals surface area contributed by atoms with Crippen molar-refractivity contribution < 1.29 is 42.9 Å². The third-order valence-electron chi connectivity index (χ3n) is 4.57. The molecule has 1 N–H and O–H groups in total. The minimum absolute atomic E-state index is 0.0545. The number of nitrogens with one attached hydrogen (secondary N) is 1. The smallest absolute Gasteiger partial charge is 0.338 e. The highest BCUT2D eigenvalue weighted by atomic mass is 16.6. The Morgan fingerprint density at radius 3 is 2.15 bits per heavy atom. The van der Waals surface area contributed by atoms with E-state index >= 15 is 0 Å². The molecular formula is C21H22N2O10. The molecule has 1 aliphatic heterocycles. The Labute approximate surface area is 188 Å². The molecule has 1 aliphatic rings. The van der Waals surface area contributed by atoms with Crippen molar-refractivity contribution in [3.8, 4) is 28.7 Å². The van der Waals surface area contributed by atoms with Crippen LogP contribution in [0.25, 0.3) is 0 Å². The van der Waals surface area contributed by atoms with Crippen molar-refractivity contribution in [2.24, 2.45) is 0 Å². The number of nitrogens with zero attached hydrogens (tertiary/aromatic N) is 1. The lowest BCUT2D eigenvalue weighted by atomic mass is 10.2. The average molecular weight is 462 g/mol. The van der Waals surface area contributed by atoms with Crippen molar-refractivity contribution in [1.82, 2.24) is 0 Å². The van der Waals surface area contributed by atoms with Crippen LogP contribution in [0, 0.1) is 10.1 Å². The highest BCUT2D eigenvalue weighted by Crippen LogP contribution is 2.40. The molecule has 0 unspecified atom stereocenters. The van der Waals surface area contributed by atoms with Crippen molar-refractivity contribution in [3.63, 3.8) is 0 Å². The molecule has 2 aromatic rings. The van der Waals surface area contributed by atoms with Gasteiger partial charge in [0.05, 0.1) is 51.1 Å². The number of rotatable bonds is 8. The van der Waals surface area contributed by atoms with E-state index in [1.807, 2.05) is 0 Å². The fourth-order valence-corrected chi connectivity index (χ4v) is 3.05. The van der Waals surface area contributed by atoms with Crippen molar-refractivity contribution in [3.05, 3.63) is 39.9 Å². The van der Waals surface area contributed by atoms with Gasteiger partial charge in [-0.3, -0.25) is 14.9 Å². The topological polar surface area (TPSA) is 145 Å². The maximum Gasteiger partial charge on any atom is 0.338 e. The first kappa shape index (κ1) is 23.4. The van der Waals surface area contributed by atoms with Crippen molar-refractivity contribution in [2.75, 3.05) is 46.5 Å². The van der Waals surface area contributed by atoms with Gasteiger partial charge in [-0.25, -0.2) is 4.79 Å². The molecule has 0 bridgehead atoms. The zero-order chi connectivity index (χ0) is 24.0. The van der Waals surface area contributed by atoms with Crippen LogP contribution in [0.5, 0.6) is 28.7 Å². The third kappa shape index (κ3) is 5.34. The summed E-state index contributed by atoms with van der Waals surface area (Å²) in [7, 11) is 4.20. The number of methoxy groups -OCH3 is 3. The number of carbonyl (C=O) groups is 2. The van der Waals surface area contributed by atoms with Gasteiger partial charge < -0.3 is 33.7 Å². The van der Waals surface area contributed by atoms with Gasteiger partial charge in [0.25, 0.3) is 11.6 Å². The molecule has 0 saturated heterocycles. The summed E-state index contributed by atoms with van der Waals surface area (Å²) in [6.07, 6.45) is 0.612. The Kier molecular flexibility index (Phi) is 7.38. The number of hydrogen-bond donors (Lipinski definition) is 1. The van der Waals surface area contributed by atoms with Crippen molar-refractivity contribution in [1.29, 1.82) is 0 Å². The lowest BCUT2D eigenvalue weighted by molar-refractivity contribution is -0.384. The zero-order valence-corrected chi connectivity index (χ0v) is 18.2. The van der Waals surface area contributed by atoms with Gasteiger partial charge in [0.2, 0.25) is 5.75 Å². The molecule has 0 radical (unpaired) electrons. The molecule has 0 aromatic heterocycles. The maximum atomic E-state index is 12.4. The van der Waals surface area contributed by atoms with Gasteiger partial charge in [-0.15, -0.1) is 0 Å². The van der Waals surface area contributed by atoms with Crippen LogP contribution in [0.2, 0.25) is 0 Å². The third-order valence-corrected chi connectivity index (χ3v) is 4.57. The molecule has 0 saturated carbocycles. The summed E-state index contributed by atoms with van der Waals surface area (Å²) in [5.41, 5.74) is -0.444. The van der Waals surface area contributed by atoms with Gasteiger partial charge in [-0.05, 0) is 12.1 Å². The highest BCUT2D eigenvalue weighted by molar-refractivity contribution is 5.97. The first-order valence-electron chi connectivity index (χ1n) is 9.73. The fourth-order valence-electron chi connectivity index (χ4n) is 3.05. The summed E-state index contributed by atoms with van der Waals surface area (Å²) in [6, 6.07) is 5.22. The average Bonchev–Trinajstić information content (AvgIpc) is 3.05. The van der Waals surface area contributed by atoms with E-state index in [0.29, 0.717) is 19.6 Å². The van der Waals surface area contributed by atoms with E-state index in [1.165, 1.54) is 45.6 Å². The summed E-state index contributed by atoms with van der Waals surface area (Å²) in [5, 5.41) is 13.8. The number of anilines is 1. The quantitative estimate of drug-likeness (QED) is 0.353. The molecule has 1 amide bonds. The number of ether oxygens (including phenoxy) is 6. The Bertz CT molecular complexity index is 1040. The molecule has 1 heterocycles. The second-order valence-electron chi connectivity index (χ2n) is 6.66. The number of fused-ring (bicyclic) bond motifs is 1. The number of nitro benzene ring substituents is 1. The SMILES string of the molecule is COc1cc(C(=O)OCC(=O)Nc2cc3c(cc2[N+](=O)[O-])OCCCO3)cc(OC)c1OC. The summed E-state index contributed by atoms with van der Waals surface area (Å²) < 4.78 is 31.6. The lowest BCUT2D eigenvalue weighted by Gasteiger charge is -2.14. The van der Waals surface area contributed by atoms with Crippen LogP contribution in [-0.4, -0.2) is 57.9 Å². The van der Waals surface area contributed by atoms with Crippen LogP contribution < -0.4 is 29.0 Å². The molecule has 3 rings (SSSR count). The summed E-state index contributed by atoms with van der Waals surface area (Å²) in [4.78, 5) is 35.6. The minimum atomic E-state index is -0.836. The standard InChI is InChI=1S/C21H22N2O10/c1-28-17-7-12(8-18(29-2)20(17)30-3)21(25)33-11-19(24)22-13-9-15-16(10-14(13)23(26)27)32-6-4-5-31-15/h7-10H,4-6,11H2,1-3H3,(H,22,24). The van der Waals surface area contributed by atoms with Crippen LogP contribution in [0.3, 0.4) is 0 Å². The second-order valence-corrected chi connectivity index (χ2v) is 6.66. The number of benzene rings is 2. The molecule has 12 heteroatoms. The number of hydrogen-bond acceptors (Lipinski definition) is 10. The first-order valence-corrected chi connectivity index (χ1v) is 9.73. The van der Waals surface area contributed by atoms with Crippen molar-refractivity contribution in [2.45, 2.75) is 6.42 Å². The van der Waals surface area contributed by atoms with Crippen LogP contribution in [0.1, 0.15) is 16.8 Å². The van der Waals surface area contributed by atoms with E-state index in [0.717, 1.165) is 0 Å². The van der Waals surface area contributed by atoms with Gasteiger partial charge in [0, 0.05) is 12.5 Å². The number of nitro groups is 1. The van der Waals surface area contributed by atoms with Crippen LogP contribution >= 0.6 is 0 Å². The molecule has 33 heavy (non-hydrogen) atoms. The van der Waals surface area contributed by atoms with Gasteiger partial charge >= 0.3 is 5.97 Å². The van der Waals surface area contributed by atoms with Crippen LogP contribution in [0.15, 0.2) is 24.3 Å². The van der Waals surface area contributed by atoms with Gasteiger partial charge in [-0.2, -0.15) is 0 Å². The first-order chi connectivity index (χ1) is 15.9. The Morgan fingerprint density at radius 1 is 1.00 bits per heavy atom. The van der Waals surface area contributed by atoms with E-state index < -0.39 is 23.4 Å². The van der Waals surface area contributed by atoms with Crippen LogP contribution in [0.4, 0.5) is 11.4 Å². The molecule has 12 nitrogen and oxygen atoms in total. The summed E-state index contributed by atoms with van der Waals surface area (Å²) in [6.45, 7) is 0.0262. The maximum absolute atomic E-state index is 12.4. The summed E-state index contributed by atoms with van der Waals surface area (Å²) >= 11 is 0. The van der Waals surface area contributed by atoms with E-state index in [4.69, 9.17) is 28.4 Å². The van der Waals surface area contributed by atoms with Gasteiger partial charge in [-0.1, -0.05) is 0 Å². The molecule has 176 valence electrons. The predicted molar refractivity (Wildman–Crippen MR) is 114 cm³/mol. The van der Waals surface area contributed by atoms with E-state index in [9.17, 15) is 19.7 Å². The molecule has 0 aliphatic carbocycles. The lowest BCUT2D eigenvalue weighted by Crippen LogP contribution is -2.21. The van der Waals surface area contributed by atoms with Gasteiger partial charge in [0.1, 0.15) is 5.69 Å². The van der Waals surface area contributed by atoms with Gasteiger partial charge in [0.15, 0.2) is 29.6 Å².